The molecule has 1 heterocycles. The average molecular weight is 197 g/mol. The molecule has 0 fully saturated rings. The van der Waals surface area contributed by atoms with Crippen molar-refractivity contribution in [1.29, 1.82) is 0 Å². The van der Waals surface area contributed by atoms with Gasteiger partial charge in [-0.15, -0.1) is 0 Å². The van der Waals surface area contributed by atoms with E-state index in [1.54, 1.807) is 19.3 Å². The van der Waals surface area contributed by atoms with Crippen molar-refractivity contribution >= 4 is 24.2 Å². The van der Waals surface area contributed by atoms with Crippen LogP contribution in [-0.4, -0.2) is 23.8 Å². The molecule has 0 atom stereocenters. The predicted molar refractivity (Wildman–Crippen MR) is 55.1 cm³/mol. The van der Waals surface area contributed by atoms with Crippen LogP contribution in [-0.2, 0) is 0 Å². The second-order valence-corrected chi connectivity index (χ2v) is 2.65. The summed E-state index contributed by atoms with van der Waals surface area (Å²) in [5.74, 6) is 0.143. The Morgan fingerprint density at radius 2 is 2.46 bits per heavy atom. The van der Waals surface area contributed by atoms with Crippen LogP contribution in [0.4, 0.5) is 5.69 Å². The number of aromatic nitrogens is 1. The summed E-state index contributed by atoms with van der Waals surface area (Å²) in [6, 6.07) is 1.74. The van der Waals surface area contributed by atoms with Gasteiger partial charge in [0.05, 0.1) is 11.4 Å². The fourth-order valence-electron chi connectivity index (χ4n) is 0.960. The highest BCUT2D eigenvalue weighted by molar-refractivity contribution is 7.80. The highest BCUT2D eigenvalue weighted by Crippen LogP contribution is 2.11. The Balaban J connectivity index is 2.92. The lowest BCUT2D eigenvalue weighted by atomic mass is 10.2. The van der Waals surface area contributed by atoms with Crippen LogP contribution in [0.5, 0.6) is 0 Å². The van der Waals surface area contributed by atoms with Crippen molar-refractivity contribution in [2.24, 2.45) is 0 Å². The fourth-order valence-corrected chi connectivity index (χ4v) is 1.10. The SMILES string of the molecule is CNc1ccncc1C(=O)NCS. The molecular formula is C8H11N3OS. The number of thiol groups is 1. The molecule has 1 rings (SSSR count). The normalized spacial score (nSPS) is 9.38. The van der Waals surface area contributed by atoms with E-state index in [-0.39, 0.29) is 5.91 Å². The summed E-state index contributed by atoms with van der Waals surface area (Å²) in [5, 5.41) is 5.49. The smallest absolute Gasteiger partial charge is 0.255 e. The van der Waals surface area contributed by atoms with E-state index in [0.717, 1.165) is 5.69 Å². The number of pyridine rings is 1. The molecule has 0 aliphatic carbocycles. The molecule has 0 unspecified atom stereocenters. The zero-order valence-corrected chi connectivity index (χ0v) is 8.14. The van der Waals surface area contributed by atoms with Crippen molar-refractivity contribution in [3.63, 3.8) is 0 Å². The van der Waals surface area contributed by atoms with Gasteiger partial charge in [0.15, 0.2) is 0 Å². The highest BCUT2D eigenvalue weighted by Gasteiger charge is 2.08. The van der Waals surface area contributed by atoms with E-state index in [4.69, 9.17) is 0 Å². The van der Waals surface area contributed by atoms with Crippen LogP contribution in [0.25, 0.3) is 0 Å². The minimum absolute atomic E-state index is 0.174. The van der Waals surface area contributed by atoms with Gasteiger partial charge in [-0.1, -0.05) is 0 Å². The van der Waals surface area contributed by atoms with Crippen molar-refractivity contribution in [3.8, 4) is 0 Å². The summed E-state index contributed by atoms with van der Waals surface area (Å²) >= 11 is 3.90. The molecule has 5 heteroatoms. The largest absolute Gasteiger partial charge is 0.387 e. The Kier molecular flexibility index (Phi) is 3.57. The molecule has 1 aromatic heterocycles. The molecule has 0 aliphatic rings. The van der Waals surface area contributed by atoms with Crippen molar-refractivity contribution in [1.82, 2.24) is 10.3 Å². The van der Waals surface area contributed by atoms with Gasteiger partial charge in [0.2, 0.25) is 0 Å². The third kappa shape index (κ3) is 2.35. The number of amides is 1. The third-order valence-electron chi connectivity index (χ3n) is 1.57. The van der Waals surface area contributed by atoms with Crippen LogP contribution >= 0.6 is 12.6 Å². The summed E-state index contributed by atoms with van der Waals surface area (Å²) in [7, 11) is 1.76. The fraction of sp³-hybridized carbons (Fsp3) is 0.250. The number of hydrogen-bond acceptors (Lipinski definition) is 4. The minimum atomic E-state index is -0.174. The van der Waals surface area contributed by atoms with Crippen molar-refractivity contribution in [2.75, 3.05) is 18.2 Å². The van der Waals surface area contributed by atoms with Gasteiger partial charge in [0, 0.05) is 25.1 Å². The molecule has 0 spiro atoms. The maximum atomic E-state index is 11.4. The lowest BCUT2D eigenvalue weighted by molar-refractivity contribution is 0.0961. The zero-order valence-electron chi connectivity index (χ0n) is 7.24. The number of nitrogens with zero attached hydrogens (tertiary/aromatic N) is 1. The summed E-state index contributed by atoms with van der Waals surface area (Å²) in [6.07, 6.45) is 3.15. The Bertz CT molecular complexity index is 303. The van der Waals surface area contributed by atoms with Gasteiger partial charge in [0.25, 0.3) is 5.91 Å². The Labute approximate surface area is 82.2 Å². The van der Waals surface area contributed by atoms with E-state index in [9.17, 15) is 4.79 Å². The molecule has 4 nitrogen and oxygen atoms in total. The third-order valence-corrected chi connectivity index (χ3v) is 1.73. The second-order valence-electron chi connectivity index (χ2n) is 2.34. The lowest BCUT2D eigenvalue weighted by Crippen LogP contribution is -2.22. The monoisotopic (exact) mass is 197 g/mol. The first-order chi connectivity index (χ1) is 6.29. The lowest BCUT2D eigenvalue weighted by Gasteiger charge is -2.06. The molecule has 70 valence electrons. The first-order valence-corrected chi connectivity index (χ1v) is 4.43. The molecular weight excluding hydrogens is 186 g/mol. The van der Waals surface area contributed by atoms with Crippen LogP contribution in [0.1, 0.15) is 10.4 Å². The van der Waals surface area contributed by atoms with Gasteiger partial charge < -0.3 is 10.6 Å². The van der Waals surface area contributed by atoms with Crippen LogP contribution in [0.2, 0.25) is 0 Å². The summed E-state index contributed by atoms with van der Waals surface area (Å²) < 4.78 is 0. The van der Waals surface area contributed by atoms with E-state index in [1.807, 2.05) is 0 Å². The maximum absolute atomic E-state index is 11.4. The summed E-state index contributed by atoms with van der Waals surface area (Å²) in [4.78, 5) is 15.3. The number of anilines is 1. The Morgan fingerprint density at radius 1 is 1.69 bits per heavy atom. The molecule has 0 aliphatic heterocycles. The summed E-state index contributed by atoms with van der Waals surface area (Å²) in [6.45, 7) is 0. The molecule has 0 saturated heterocycles. The van der Waals surface area contributed by atoms with Gasteiger partial charge in [-0.2, -0.15) is 12.6 Å². The molecule has 0 radical (unpaired) electrons. The Morgan fingerprint density at radius 3 is 3.08 bits per heavy atom. The standard InChI is InChI=1S/C8H11N3OS/c1-9-7-2-3-10-4-6(7)8(12)11-5-13/h2-4,13H,5H2,1H3,(H,9,10)(H,11,12). The van der Waals surface area contributed by atoms with E-state index < -0.39 is 0 Å². The van der Waals surface area contributed by atoms with Gasteiger partial charge in [0.1, 0.15) is 0 Å². The van der Waals surface area contributed by atoms with Crippen LogP contribution in [0.3, 0.4) is 0 Å². The number of carbonyl (C=O) groups is 1. The second kappa shape index (κ2) is 4.71. The number of rotatable bonds is 3. The zero-order chi connectivity index (χ0) is 9.68. The quantitative estimate of drug-likeness (QED) is 0.495. The molecule has 0 bridgehead atoms. The van der Waals surface area contributed by atoms with E-state index >= 15 is 0 Å². The average Bonchev–Trinajstić information content (AvgIpc) is 2.18. The van der Waals surface area contributed by atoms with Gasteiger partial charge in [-0.05, 0) is 6.07 Å². The van der Waals surface area contributed by atoms with Crippen LogP contribution in [0.15, 0.2) is 18.5 Å². The number of carbonyl (C=O) groups excluding carboxylic acids is 1. The first kappa shape index (κ1) is 9.85. The van der Waals surface area contributed by atoms with Crippen molar-refractivity contribution in [3.05, 3.63) is 24.0 Å². The van der Waals surface area contributed by atoms with Crippen LogP contribution in [0, 0.1) is 0 Å². The van der Waals surface area contributed by atoms with E-state index in [1.165, 1.54) is 6.20 Å². The first-order valence-electron chi connectivity index (χ1n) is 3.80. The Hall–Kier alpha value is -1.23. The molecule has 1 aromatic rings. The van der Waals surface area contributed by atoms with Crippen LogP contribution < -0.4 is 10.6 Å². The molecule has 0 saturated carbocycles. The molecule has 0 aromatic carbocycles. The maximum Gasteiger partial charge on any atom is 0.255 e. The van der Waals surface area contributed by atoms with E-state index in [2.05, 4.69) is 28.2 Å². The van der Waals surface area contributed by atoms with Crippen molar-refractivity contribution in [2.45, 2.75) is 0 Å². The number of hydrogen-bond donors (Lipinski definition) is 3. The molecule has 1 amide bonds. The van der Waals surface area contributed by atoms with E-state index in [0.29, 0.717) is 11.4 Å². The van der Waals surface area contributed by atoms with Gasteiger partial charge >= 0.3 is 0 Å². The van der Waals surface area contributed by atoms with Gasteiger partial charge in [-0.25, -0.2) is 0 Å². The predicted octanol–water partition coefficient (Wildman–Crippen LogP) is 0.740. The summed E-state index contributed by atoms with van der Waals surface area (Å²) in [5.41, 5.74) is 1.29. The minimum Gasteiger partial charge on any atom is -0.387 e. The highest BCUT2D eigenvalue weighted by atomic mass is 32.1. The number of nitrogens with one attached hydrogen (secondary N) is 2. The van der Waals surface area contributed by atoms with Gasteiger partial charge in [-0.3, -0.25) is 9.78 Å². The molecule has 13 heavy (non-hydrogen) atoms. The topological polar surface area (TPSA) is 54.0 Å². The molecule has 2 N–H and O–H groups in total. The van der Waals surface area contributed by atoms with Crippen molar-refractivity contribution < 1.29 is 4.79 Å².